The summed E-state index contributed by atoms with van der Waals surface area (Å²) in [4.78, 5) is 27.1. The van der Waals surface area contributed by atoms with Gasteiger partial charge in [0.25, 0.3) is 5.91 Å². The number of rotatable bonds is 6. The number of benzene rings is 2. The molecule has 1 N–H and O–H groups in total. The van der Waals surface area contributed by atoms with Gasteiger partial charge in [0.15, 0.2) is 5.65 Å². The van der Waals surface area contributed by atoms with Gasteiger partial charge in [-0.1, -0.05) is 18.2 Å². The van der Waals surface area contributed by atoms with Crippen molar-refractivity contribution in [3.63, 3.8) is 0 Å². The monoisotopic (exact) mass is 523 g/mol. The van der Waals surface area contributed by atoms with E-state index in [0.717, 1.165) is 74.9 Å². The van der Waals surface area contributed by atoms with E-state index in [4.69, 9.17) is 4.98 Å². The van der Waals surface area contributed by atoms with Gasteiger partial charge in [0.05, 0.1) is 11.9 Å². The molecule has 2 aliphatic rings. The summed E-state index contributed by atoms with van der Waals surface area (Å²) in [7, 11) is 4.07. The number of fused-ring (bicyclic) bond motifs is 1. The predicted molar refractivity (Wildman–Crippen MR) is 158 cm³/mol. The first-order valence-electron chi connectivity index (χ1n) is 13.9. The number of nitrogens with one attached hydrogen (secondary N) is 1. The van der Waals surface area contributed by atoms with Crippen LogP contribution in [0, 0.1) is 0 Å². The van der Waals surface area contributed by atoms with Crippen LogP contribution in [0.5, 0.6) is 0 Å². The second kappa shape index (κ2) is 11.0. The number of amides is 1. The van der Waals surface area contributed by atoms with Gasteiger partial charge in [-0.3, -0.25) is 4.79 Å². The summed E-state index contributed by atoms with van der Waals surface area (Å²) in [5.41, 5.74) is 5.00. The maximum absolute atomic E-state index is 13.1. The smallest absolute Gasteiger partial charge is 0.253 e. The van der Waals surface area contributed by atoms with E-state index in [1.807, 2.05) is 48.6 Å². The quantitative estimate of drug-likeness (QED) is 0.400. The fraction of sp³-hybridized carbons (Fsp3) is 0.355. The third-order valence-corrected chi connectivity index (χ3v) is 8.16. The number of hydrogen-bond donors (Lipinski definition) is 1. The lowest BCUT2D eigenvalue weighted by molar-refractivity contribution is 0.0659. The van der Waals surface area contributed by atoms with Crippen LogP contribution in [0.15, 0.2) is 79.1 Å². The molecular weight excluding hydrogens is 486 g/mol. The Kier molecular flexibility index (Phi) is 7.11. The van der Waals surface area contributed by atoms with E-state index in [-0.39, 0.29) is 5.91 Å². The van der Waals surface area contributed by atoms with Crippen LogP contribution in [-0.4, -0.2) is 84.5 Å². The minimum absolute atomic E-state index is 0.0841. The standard InChI is InChI=1S/C31H37N7O/c1-34-17-14-26(15-18-34)35(2)31(39)24-10-12-25(13-11-24)32-29-23-38-16-6-9-28(30(38)33-29)37-21-19-36(20-22-37)27-7-4-3-5-8-27/h3-13,16,23,26,32H,14-15,17-22H2,1-2H3. The normalized spacial score (nSPS) is 17.0. The maximum Gasteiger partial charge on any atom is 0.253 e. The molecule has 2 aromatic heterocycles. The fourth-order valence-electron chi connectivity index (χ4n) is 5.75. The zero-order valence-electron chi connectivity index (χ0n) is 22.8. The Morgan fingerprint density at radius 2 is 1.56 bits per heavy atom. The molecule has 4 aromatic rings. The average Bonchev–Trinajstić information content (AvgIpc) is 3.40. The Balaban J connectivity index is 1.11. The van der Waals surface area contributed by atoms with Crippen molar-refractivity contribution < 1.29 is 4.79 Å². The lowest BCUT2D eigenvalue weighted by Crippen LogP contribution is -2.46. The Bertz CT molecular complexity index is 1400. The molecule has 0 unspecified atom stereocenters. The molecule has 1 amide bonds. The van der Waals surface area contributed by atoms with E-state index in [0.29, 0.717) is 11.6 Å². The van der Waals surface area contributed by atoms with E-state index in [9.17, 15) is 4.79 Å². The molecule has 2 aromatic carbocycles. The molecule has 2 aliphatic heterocycles. The number of nitrogens with zero attached hydrogens (tertiary/aromatic N) is 6. The number of carbonyl (C=O) groups excluding carboxylic acids is 1. The van der Waals surface area contributed by atoms with E-state index in [1.54, 1.807) is 0 Å². The van der Waals surface area contributed by atoms with Crippen LogP contribution < -0.4 is 15.1 Å². The number of piperidine rings is 1. The highest BCUT2D eigenvalue weighted by Crippen LogP contribution is 2.27. The Morgan fingerprint density at radius 1 is 0.872 bits per heavy atom. The lowest BCUT2D eigenvalue weighted by atomic mass is 10.0. The molecule has 8 heteroatoms. The van der Waals surface area contributed by atoms with Gasteiger partial charge in [-0.2, -0.15) is 0 Å². The first-order chi connectivity index (χ1) is 19.0. The molecule has 6 rings (SSSR count). The number of aromatic nitrogens is 2. The van der Waals surface area contributed by atoms with Gasteiger partial charge < -0.3 is 29.3 Å². The van der Waals surface area contributed by atoms with Crippen molar-refractivity contribution in [3.8, 4) is 0 Å². The summed E-state index contributed by atoms with van der Waals surface area (Å²) in [6.45, 7) is 5.94. The van der Waals surface area contributed by atoms with Crippen molar-refractivity contribution in [2.24, 2.45) is 0 Å². The van der Waals surface area contributed by atoms with Gasteiger partial charge >= 0.3 is 0 Å². The molecule has 2 fully saturated rings. The number of para-hydroxylation sites is 1. The highest BCUT2D eigenvalue weighted by molar-refractivity contribution is 5.94. The van der Waals surface area contributed by atoms with Gasteiger partial charge in [0.1, 0.15) is 5.82 Å². The molecule has 202 valence electrons. The first-order valence-corrected chi connectivity index (χ1v) is 13.9. The molecule has 0 atom stereocenters. The minimum Gasteiger partial charge on any atom is -0.368 e. The number of likely N-dealkylation sites (tertiary alicyclic amines) is 1. The summed E-state index contributed by atoms with van der Waals surface area (Å²) in [6.07, 6.45) is 6.11. The van der Waals surface area contributed by atoms with Crippen molar-refractivity contribution in [2.45, 2.75) is 18.9 Å². The summed E-state index contributed by atoms with van der Waals surface area (Å²) in [5, 5.41) is 3.43. The zero-order chi connectivity index (χ0) is 26.8. The highest BCUT2D eigenvalue weighted by atomic mass is 16.2. The second-order valence-electron chi connectivity index (χ2n) is 10.7. The molecule has 8 nitrogen and oxygen atoms in total. The van der Waals surface area contributed by atoms with Crippen LogP contribution in [0.25, 0.3) is 5.65 Å². The Morgan fingerprint density at radius 3 is 2.28 bits per heavy atom. The molecule has 0 saturated carbocycles. The topological polar surface area (TPSA) is 59.4 Å². The van der Waals surface area contributed by atoms with Crippen molar-refractivity contribution >= 4 is 34.4 Å². The zero-order valence-corrected chi connectivity index (χ0v) is 22.8. The first kappa shape index (κ1) is 25.2. The van der Waals surface area contributed by atoms with Crippen molar-refractivity contribution in [1.82, 2.24) is 19.2 Å². The Hall–Kier alpha value is -4.04. The Labute approximate surface area is 230 Å². The van der Waals surface area contributed by atoms with E-state index >= 15 is 0 Å². The van der Waals surface area contributed by atoms with Crippen molar-refractivity contribution in [2.75, 3.05) is 68.5 Å². The maximum atomic E-state index is 13.1. The average molecular weight is 524 g/mol. The number of hydrogen-bond acceptors (Lipinski definition) is 6. The van der Waals surface area contributed by atoms with E-state index in [2.05, 4.69) is 73.9 Å². The van der Waals surface area contributed by atoms with E-state index in [1.165, 1.54) is 5.69 Å². The molecule has 0 spiro atoms. The second-order valence-corrected chi connectivity index (χ2v) is 10.7. The number of carbonyl (C=O) groups is 1. The number of anilines is 4. The van der Waals surface area contributed by atoms with Crippen LogP contribution >= 0.6 is 0 Å². The van der Waals surface area contributed by atoms with Crippen molar-refractivity contribution in [1.29, 1.82) is 0 Å². The molecule has 0 bridgehead atoms. The molecule has 0 aliphatic carbocycles. The summed E-state index contributed by atoms with van der Waals surface area (Å²) in [5.74, 6) is 0.869. The largest absolute Gasteiger partial charge is 0.368 e. The minimum atomic E-state index is 0.0841. The molecular formula is C31H37N7O. The predicted octanol–water partition coefficient (Wildman–Crippen LogP) is 4.57. The third kappa shape index (κ3) is 5.43. The summed E-state index contributed by atoms with van der Waals surface area (Å²) in [6, 6.07) is 22.9. The van der Waals surface area contributed by atoms with Gasteiger partial charge in [0.2, 0.25) is 0 Å². The van der Waals surface area contributed by atoms with E-state index < -0.39 is 0 Å². The molecule has 39 heavy (non-hydrogen) atoms. The van der Waals surface area contributed by atoms with Crippen LogP contribution in [0.3, 0.4) is 0 Å². The fourth-order valence-corrected chi connectivity index (χ4v) is 5.75. The van der Waals surface area contributed by atoms with Crippen LogP contribution in [-0.2, 0) is 0 Å². The SMILES string of the molecule is CN1CCC(N(C)C(=O)c2ccc(Nc3cn4cccc(N5CCN(c6ccccc6)CC5)c4n3)cc2)CC1. The lowest BCUT2D eigenvalue weighted by Gasteiger charge is -2.37. The molecule has 4 heterocycles. The summed E-state index contributed by atoms with van der Waals surface area (Å²) < 4.78 is 2.08. The third-order valence-electron chi connectivity index (χ3n) is 8.16. The number of imidazole rings is 1. The van der Waals surface area contributed by atoms with Gasteiger partial charge in [-0.05, 0) is 81.5 Å². The number of piperazine rings is 1. The summed E-state index contributed by atoms with van der Waals surface area (Å²) >= 11 is 0. The van der Waals surface area contributed by atoms with Gasteiger partial charge in [-0.25, -0.2) is 4.98 Å². The van der Waals surface area contributed by atoms with Crippen molar-refractivity contribution in [3.05, 3.63) is 84.7 Å². The van der Waals surface area contributed by atoms with Crippen LogP contribution in [0.1, 0.15) is 23.2 Å². The number of pyridine rings is 1. The molecule has 0 radical (unpaired) electrons. The van der Waals surface area contributed by atoms with Gasteiger partial charge in [0, 0.05) is 62.4 Å². The highest BCUT2D eigenvalue weighted by Gasteiger charge is 2.25. The molecule has 2 saturated heterocycles. The van der Waals surface area contributed by atoms with Crippen LogP contribution in [0.4, 0.5) is 22.9 Å². The van der Waals surface area contributed by atoms with Crippen LogP contribution in [0.2, 0.25) is 0 Å². The van der Waals surface area contributed by atoms with Gasteiger partial charge in [-0.15, -0.1) is 0 Å².